The Morgan fingerprint density at radius 1 is 1.33 bits per heavy atom. The molecule has 0 radical (unpaired) electrons. The Morgan fingerprint density at radius 3 is 2.25 bits per heavy atom. The Kier molecular flexibility index (Phi) is 2.47. The zero-order valence-corrected chi connectivity index (χ0v) is 7.77. The van der Waals surface area contributed by atoms with Crippen LogP contribution in [0.15, 0.2) is 33.5 Å². The number of hydrogen-bond acceptors (Lipinski definition) is 2. The van der Waals surface area contributed by atoms with Gasteiger partial charge in [-0.3, -0.25) is 0 Å². The molecule has 0 unspecified atom stereocenters. The Balaban J connectivity index is 3.24. The quantitative estimate of drug-likeness (QED) is 0.660. The van der Waals surface area contributed by atoms with E-state index in [0.717, 1.165) is 0 Å². The van der Waals surface area contributed by atoms with Gasteiger partial charge in [0.25, 0.3) is 0 Å². The molecule has 1 aromatic carbocycles. The molecule has 0 bridgehead atoms. The van der Waals surface area contributed by atoms with Crippen LogP contribution in [-0.4, -0.2) is 17.5 Å². The van der Waals surface area contributed by atoms with Gasteiger partial charge in [0.15, 0.2) is 0 Å². The molecule has 0 aromatic heterocycles. The Hall–Kier alpha value is -0.900. The molecule has 0 aliphatic rings. The smallest absolute Gasteiger partial charge is 0.123 e. The average Bonchev–Trinajstić information content (AvgIpc) is 2.05. The van der Waals surface area contributed by atoms with Crippen molar-refractivity contribution in [3.05, 3.63) is 30.1 Å². The maximum atomic E-state index is 12.5. The van der Waals surface area contributed by atoms with E-state index in [4.69, 9.17) is 0 Å². The first-order valence-electron chi connectivity index (χ1n) is 3.42. The van der Waals surface area contributed by atoms with Crippen molar-refractivity contribution < 1.29 is 8.60 Å². The fourth-order valence-corrected chi connectivity index (χ4v) is 1.64. The number of halogens is 1. The number of rotatable bonds is 1. The third-order valence-electron chi connectivity index (χ3n) is 1.60. The van der Waals surface area contributed by atoms with Gasteiger partial charge < -0.3 is 0 Å². The standard InChI is InChI=1S/C8H10FNOS/c1-10-12(2,11)8-5-3-7(9)4-6-8/h3-6H,1-2H3/t12-/m0/s1. The molecular weight excluding hydrogens is 177 g/mol. The predicted octanol–water partition coefficient (Wildman–Crippen LogP) is 1.91. The van der Waals surface area contributed by atoms with Crippen LogP contribution >= 0.6 is 0 Å². The van der Waals surface area contributed by atoms with E-state index in [2.05, 4.69) is 4.36 Å². The highest BCUT2D eigenvalue weighted by Gasteiger charge is 2.03. The van der Waals surface area contributed by atoms with Crippen LogP contribution in [0.4, 0.5) is 4.39 Å². The Labute approximate surface area is 71.6 Å². The molecule has 1 atom stereocenters. The van der Waals surface area contributed by atoms with E-state index in [-0.39, 0.29) is 5.82 Å². The van der Waals surface area contributed by atoms with Crippen LogP contribution < -0.4 is 0 Å². The lowest BCUT2D eigenvalue weighted by Gasteiger charge is -2.01. The SMILES string of the molecule is CN=[S@@](C)(=O)c1ccc(F)cc1. The summed E-state index contributed by atoms with van der Waals surface area (Å²) in [6.45, 7) is 0. The van der Waals surface area contributed by atoms with Crippen LogP contribution in [0, 0.1) is 5.82 Å². The number of hydrogen-bond donors (Lipinski definition) is 0. The van der Waals surface area contributed by atoms with Gasteiger partial charge in [0.2, 0.25) is 0 Å². The fourth-order valence-electron chi connectivity index (χ4n) is 0.793. The molecule has 0 aliphatic heterocycles. The third-order valence-corrected chi connectivity index (χ3v) is 3.44. The van der Waals surface area contributed by atoms with Crippen molar-refractivity contribution in [2.45, 2.75) is 4.90 Å². The predicted molar refractivity (Wildman–Crippen MR) is 47.1 cm³/mol. The maximum Gasteiger partial charge on any atom is 0.123 e. The monoisotopic (exact) mass is 187 g/mol. The van der Waals surface area contributed by atoms with E-state index < -0.39 is 9.73 Å². The molecule has 1 rings (SSSR count). The van der Waals surface area contributed by atoms with E-state index in [0.29, 0.717) is 4.90 Å². The van der Waals surface area contributed by atoms with E-state index in [1.165, 1.54) is 37.6 Å². The lowest BCUT2D eigenvalue weighted by Crippen LogP contribution is -1.96. The summed E-state index contributed by atoms with van der Waals surface area (Å²) in [6.07, 6.45) is 1.53. The van der Waals surface area contributed by atoms with Crippen molar-refractivity contribution >= 4 is 9.73 Å². The third kappa shape index (κ3) is 1.82. The molecule has 0 saturated carbocycles. The molecule has 66 valence electrons. The Bertz CT molecular complexity index is 377. The van der Waals surface area contributed by atoms with Crippen molar-refractivity contribution in [3.63, 3.8) is 0 Å². The molecule has 0 spiro atoms. The summed E-state index contributed by atoms with van der Waals surface area (Å²) >= 11 is 0. The van der Waals surface area contributed by atoms with Crippen LogP contribution in [0.3, 0.4) is 0 Å². The molecule has 0 amide bonds. The minimum absolute atomic E-state index is 0.329. The first kappa shape index (κ1) is 9.19. The zero-order chi connectivity index (χ0) is 9.19. The topological polar surface area (TPSA) is 29.4 Å². The first-order valence-corrected chi connectivity index (χ1v) is 5.34. The van der Waals surface area contributed by atoms with Gasteiger partial charge in [0, 0.05) is 18.2 Å². The summed E-state index contributed by atoms with van der Waals surface area (Å²) in [5.74, 6) is -0.329. The van der Waals surface area contributed by atoms with Crippen molar-refractivity contribution in [1.82, 2.24) is 0 Å². The molecule has 4 heteroatoms. The highest BCUT2D eigenvalue weighted by Crippen LogP contribution is 2.11. The molecule has 1 aromatic rings. The van der Waals surface area contributed by atoms with Gasteiger partial charge >= 0.3 is 0 Å². The lowest BCUT2D eigenvalue weighted by atomic mass is 10.4. The van der Waals surface area contributed by atoms with Gasteiger partial charge in [-0.2, -0.15) is 0 Å². The van der Waals surface area contributed by atoms with E-state index >= 15 is 0 Å². The minimum Gasteiger partial charge on any atom is -0.245 e. The van der Waals surface area contributed by atoms with Gasteiger partial charge in [0.05, 0.1) is 9.73 Å². The lowest BCUT2D eigenvalue weighted by molar-refractivity contribution is 0.626. The van der Waals surface area contributed by atoms with Crippen molar-refractivity contribution in [1.29, 1.82) is 0 Å². The summed E-state index contributed by atoms with van der Waals surface area (Å²) in [5.41, 5.74) is 0. The van der Waals surface area contributed by atoms with E-state index in [1.807, 2.05) is 0 Å². The molecular formula is C8H10FNOS. The maximum absolute atomic E-state index is 12.5. The summed E-state index contributed by atoms with van der Waals surface area (Å²) in [6, 6.07) is 5.54. The second kappa shape index (κ2) is 3.23. The molecule has 0 N–H and O–H groups in total. The van der Waals surface area contributed by atoms with Crippen LogP contribution in [-0.2, 0) is 9.73 Å². The van der Waals surface area contributed by atoms with Gasteiger partial charge in [-0.25, -0.2) is 13.0 Å². The average molecular weight is 187 g/mol. The number of benzene rings is 1. The second-order valence-corrected chi connectivity index (χ2v) is 4.88. The highest BCUT2D eigenvalue weighted by molar-refractivity contribution is 7.93. The van der Waals surface area contributed by atoms with E-state index in [1.54, 1.807) is 0 Å². The molecule has 2 nitrogen and oxygen atoms in total. The van der Waals surface area contributed by atoms with Crippen LogP contribution in [0.2, 0.25) is 0 Å². The van der Waals surface area contributed by atoms with Crippen LogP contribution in [0.25, 0.3) is 0 Å². The molecule has 0 fully saturated rings. The summed E-state index contributed by atoms with van der Waals surface area (Å²) in [7, 11) is -0.815. The van der Waals surface area contributed by atoms with Crippen LogP contribution in [0.5, 0.6) is 0 Å². The number of nitrogens with zero attached hydrogens (tertiary/aromatic N) is 1. The summed E-state index contributed by atoms with van der Waals surface area (Å²) in [4.78, 5) is 0.561. The van der Waals surface area contributed by atoms with Crippen LogP contribution in [0.1, 0.15) is 0 Å². The zero-order valence-electron chi connectivity index (χ0n) is 6.95. The van der Waals surface area contributed by atoms with Crippen molar-refractivity contribution in [2.24, 2.45) is 4.36 Å². The van der Waals surface area contributed by atoms with Crippen molar-refractivity contribution in [2.75, 3.05) is 13.3 Å². The second-order valence-electron chi connectivity index (χ2n) is 2.44. The fraction of sp³-hybridized carbons (Fsp3) is 0.250. The Morgan fingerprint density at radius 2 is 1.83 bits per heavy atom. The molecule has 0 saturated heterocycles. The molecule has 0 heterocycles. The molecule has 0 aliphatic carbocycles. The van der Waals surface area contributed by atoms with Gasteiger partial charge in [-0.05, 0) is 24.3 Å². The largest absolute Gasteiger partial charge is 0.245 e. The molecule has 12 heavy (non-hydrogen) atoms. The highest BCUT2D eigenvalue weighted by atomic mass is 32.2. The van der Waals surface area contributed by atoms with Gasteiger partial charge in [0.1, 0.15) is 5.82 Å². The summed E-state index contributed by atoms with van der Waals surface area (Å²) < 4.78 is 27.8. The summed E-state index contributed by atoms with van der Waals surface area (Å²) in [5, 5.41) is 0. The normalized spacial score (nSPS) is 15.2. The van der Waals surface area contributed by atoms with Gasteiger partial charge in [-0.15, -0.1) is 0 Å². The first-order chi connectivity index (χ1) is 5.56. The van der Waals surface area contributed by atoms with Crippen molar-refractivity contribution in [3.8, 4) is 0 Å². The van der Waals surface area contributed by atoms with Gasteiger partial charge in [-0.1, -0.05) is 0 Å². The van der Waals surface area contributed by atoms with E-state index in [9.17, 15) is 8.60 Å². The minimum atomic E-state index is -2.31.